The van der Waals surface area contributed by atoms with Gasteiger partial charge in [-0.25, -0.2) is 0 Å². The average molecular weight is 380 g/mol. The van der Waals surface area contributed by atoms with E-state index in [1.54, 1.807) is 0 Å². The number of benzene rings is 1. The van der Waals surface area contributed by atoms with Crippen LogP contribution in [0.25, 0.3) is 0 Å². The van der Waals surface area contributed by atoms with Crippen molar-refractivity contribution in [3.05, 3.63) is 28.8 Å². The minimum absolute atomic E-state index is 0.0253. The second kappa shape index (κ2) is 5.22. The van der Waals surface area contributed by atoms with Gasteiger partial charge < -0.3 is 4.74 Å². The molecule has 1 saturated heterocycles. The summed E-state index contributed by atoms with van der Waals surface area (Å²) in [5.74, 6) is 2.33. The molecule has 6 rings (SSSR count). The number of piperidine rings is 1. The molecule has 0 aromatic heterocycles. The topological polar surface area (TPSA) is 29.5 Å². The first-order valence-electron chi connectivity index (χ1n) is 11.4. The number of hydrogen-bond acceptors (Lipinski definition) is 3. The first-order valence-corrected chi connectivity index (χ1v) is 11.4. The third kappa shape index (κ3) is 1.97. The standard InChI is InChI=1S/C25H33NO2/c1-23(2,3)17-8-7-16-13-19-24(4)10-9-18(27)22-25(24,20(16)21(17)28-22)11-12-26(19)14-15-5-6-15/h7-8,15,19,22H,5-6,9-14H2,1-4H3. The third-order valence-corrected chi connectivity index (χ3v) is 8.96. The van der Waals surface area contributed by atoms with Crippen LogP contribution in [0.2, 0.25) is 0 Å². The minimum Gasteiger partial charge on any atom is -0.481 e. The van der Waals surface area contributed by atoms with Crippen LogP contribution in [-0.4, -0.2) is 35.9 Å². The Bertz CT molecular complexity index is 879. The molecule has 3 aliphatic carbocycles. The summed E-state index contributed by atoms with van der Waals surface area (Å²) < 4.78 is 6.67. The minimum atomic E-state index is -0.255. The van der Waals surface area contributed by atoms with Crippen molar-refractivity contribution in [2.75, 3.05) is 13.1 Å². The number of rotatable bonds is 2. The van der Waals surface area contributed by atoms with Gasteiger partial charge in [0.2, 0.25) is 0 Å². The Labute approximate surface area is 168 Å². The van der Waals surface area contributed by atoms with Crippen LogP contribution in [0.5, 0.6) is 5.75 Å². The highest BCUT2D eigenvalue weighted by molar-refractivity contribution is 5.89. The SMILES string of the molecule is CC(C)(C)c1ccc2c3c1OC1C(=O)CCC4(C)C(C2)N(CC2CC2)CCC314. The molecule has 150 valence electrons. The fraction of sp³-hybridized carbons (Fsp3) is 0.720. The zero-order valence-electron chi connectivity index (χ0n) is 17.8. The molecule has 1 aromatic carbocycles. The van der Waals surface area contributed by atoms with Crippen molar-refractivity contribution in [3.63, 3.8) is 0 Å². The Hall–Kier alpha value is -1.35. The second-order valence-corrected chi connectivity index (χ2v) is 11.5. The highest BCUT2D eigenvalue weighted by atomic mass is 16.5. The van der Waals surface area contributed by atoms with Crippen molar-refractivity contribution in [1.29, 1.82) is 0 Å². The zero-order valence-corrected chi connectivity index (χ0v) is 17.8. The number of nitrogens with zero attached hydrogens (tertiary/aromatic N) is 1. The number of likely N-dealkylation sites (tertiary alicyclic amines) is 1. The highest BCUT2D eigenvalue weighted by Crippen LogP contribution is 2.68. The van der Waals surface area contributed by atoms with E-state index in [9.17, 15) is 4.79 Å². The van der Waals surface area contributed by atoms with Gasteiger partial charge >= 0.3 is 0 Å². The second-order valence-electron chi connectivity index (χ2n) is 11.5. The molecular formula is C25H33NO2. The Morgan fingerprint density at radius 3 is 2.71 bits per heavy atom. The normalized spacial score (nSPS) is 38.9. The van der Waals surface area contributed by atoms with Gasteiger partial charge in [-0.15, -0.1) is 0 Å². The quantitative estimate of drug-likeness (QED) is 0.763. The fourth-order valence-electron chi connectivity index (χ4n) is 7.31. The van der Waals surface area contributed by atoms with Gasteiger partial charge in [-0.3, -0.25) is 9.69 Å². The number of hydrogen-bond donors (Lipinski definition) is 0. The number of carbonyl (C=O) groups excluding carboxylic acids is 1. The summed E-state index contributed by atoms with van der Waals surface area (Å²) in [4.78, 5) is 16.0. The van der Waals surface area contributed by atoms with Gasteiger partial charge in [0.15, 0.2) is 11.9 Å². The highest BCUT2D eigenvalue weighted by Gasteiger charge is 2.71. The van der Waals surface area contributed by atoms with Crippen LogP contribution in [0.3, 0.4) is 0 Å². The monoisotopic (exact) mass is 379 g/mol. The molecule has 3 heteroatoms. The molecule has 1 aromatic rings. The molecule has 0 amide bonds. The Morgan fingerprint density at radius 2 is 2.00 bits per heavy atom. The Balaban J connectivity index is 1.58. The third-order valence-electron chi connectivity index (χ3n) is 8.96. The molecule has 1 spiro atoms. The van der Waals surface area contributed by atoms with Gasteiger partial charge in [0, 0.05) is 24.6 Å². The van der Waals surface area contributed by atoms with Crippen molar-refractivity contribution in [1.82, 2.24) is 4.90 Å². The Morgan fingerprint density at radius 1 is 1.21 bits per heavy atom. The summed E-state index contributed by atoms with van der Waals surface area (Å²) in [5, 5.41) is 0. The lowest BCUT2D eigenvalue weighted by molar-refractivity contribution is -0.152. The molecule has 2 bridgehead atoms. The zero-order chi connectivity index (χ0) is 19.5. The first-order chi connectivity index (χ1) is 13.3. The van der Waals surface area contributed by atoms with Gasteiger partial charge in [0.1, 0.15) is 5.75 Å². The fourth-order valence-corrected chi connectivity index (χ4v) is 7.31. The number of ketones is 1. The largest absolute Gasteiger partial charge is 0.481 e. The van der Waals surface area contributed by atoms with Crippen molar-refractivity contribution in [2.24, 2.45) is 11.3 Å². The Kier molecular flexibility index (Phi) is 3.26. The van der Waals surface area contributed by atoms with E-state index >= 15 is 0 Å². The van der Waals surface area contributed by atoms with E-state index in [1.165, 1.54) is 36.1 Å². The molecule has 5 aliphatic rings. The number of carbonyl (C=O) groups is 1. The molecule has 4 unspecified atom stereocenters. The lowest BCUT2D eigenvalue weighted by Gasteiger charge is -2.64. The van der Waals surface area contributed by atoms with Crippen LogP contribution >= 0.6 is 0 Å². The van der Waals surface area contributed by atoms with E-state index in [0.717, 1.165) is 37.5 Å². The molecule has 0 N–H and O–H groups in total. The summed E-state index contributed by atoms with van der Waals surface area (Å²) in [6, 6.07) is 5.22. The van der Waals surface area contributed by atoms with E-state index in [2.05, 4.69) is 44.7 Å². The van der Waals surface area contributed by atoms with Gasteiger partial charge in [-0.1, -0.05) is 39.8 Å². The van der Waals surface area contributed by atoms with E-state index < -0.39 is 0 Å². The van der Waals surface area contributed by atoms with E-state index in [1.807, 2.05) is 0 Å². The molecule has 0 radical (unpaired) electrons. The molecule has 28 heavy (non-hydrogen) atoms. The average Bonchev–Trinajstić information content (AvgIpc) is 3.36. The van der Waals surface area contributed by atoms with Crippen LogP contribution < -0.4 is 4.74 Å². The molecule has 3 fully saturated rings. The number of ether oxygens (including phenoxy) is 1. The molecule has 3 nitrogen and oxygen atoms in total. The van der Waals surface area contributed by atoms with Crippen LogP contribution in [0.4, 0.5) is 0 Å². The van der Waals surface area contributed by atoms with Crippen LogP contribution in [0, 0.1) is 11.3 Å². The van der Waals surface area contributed by atoms with Crippen molar-refractivity contribution < 1.29 is 9.53 Å². The maximum atomic E-state index is 13.2. The molecule has 4 atom stereocenters. The molecular weight excluding hydrogens is 346 g/mol. The lowest BCUT2D eigenvalue weighted by atomic mass is 9.44. The van der Waals surface area contributed by atoms with E-state index in [-0.39, 0.29) is 22.3 Å². The van der Waals surface area contributed by atoms with E-state index in [0.29, 0.717) is 18.2 Å². The molecule has 2 aliphatic heterocycles. The first kappa shape index (κ1) is 17.5. The maximum absolute atomic E-state index is 13.2. The van der Waals surface area contributed by atoms with Gasteiger partial charge in [0.05, 0.1) is 5.41 Å². The predicted molar refractivity (Wildman–Crippen MR) is 110 cm³/mol. The summed E-state index contributed by atoms with van der Waals surface area (Å²) in [5.41, 5.74) is 4.25. The van der Waals surface area contributed by atoms with Crippen molar-refractivity contribution in [2.45, 2.75) is 89.2 Å². The van der Waals surface area contributed by atoms with Gasteiger partial charge in [-0.2, -0.15) is 0 Å². The van der Waals surface area contributed by atoms with Gasteiger partial charge in [0.25, 0.3) is 0 Å². The van der Waals surface area contributed by atoms with Gasteiger partial charge in [-0.05, 0) is 66.5 Å². The summed E-state index contributed by atoms with van der Waals surface area (Å²) in [7, 11) is 0. The smallest absolute Gasteiger partial charge is 0.174 e. The van der Waals surface area contributed by atoms with Crippen LogP contribution in [0.15, 0.2) is 12.1 Å². The van der Waals surface area contributed by atoms with Crippen LogP contribution in [-0.2, 0) is 22.0 Å². The lowest BCUT2D eigenvalue weighted by Crippen LogP contribution is -2.71. The number of Topliss-reactive ketones (excluding diaryl/α,β-unsaturated/α-hetero) is 1. The maximum Gasteiger partial charge on any atom is 0.174 e. The summed E-state index contributed by atoms with van der Waals surface area (Å²) in [6.45, 7) is 11.7. The van der Waals surface area contributed by atoms with Crippen molar-refractivity contribution in [3.8, 4) is 5.75 Å². The summed E-state index contributed by atoms with van der Waals surface area (Å²) in [6.07, 6.45) is 6.48. The van der Waals surface area contributed by atoms with Crippen LogP contribution in [0.1, 0.15) is 76.5 Å². The molecule has 2 heterocycles. The van der Waals surface area contributed by atoms with E-state index in [4.69, 9.17) is 4.74 Å². The predicted octanol–water partition coefficient (Wildman–Crippen LogP) is 4.39. The summed E-state index contributed by atoms with van der Waals surface area (Å²) >= 11 is 0. The van der Waals surface area contributed by atoms with Crippen molar-refractivity contribution >= 4 is 5.78 Å². The molecule has 2 saturated carbocycles.